The number of hydrogen-bond donors (Lipinski definition) is 1. The molecule has 0 unspecified atom stereocenters. The molecule has 1 fully saturated rings. The molecule has 0 radical (unpaired) electrons. The molecular formula is C9H12ClN3O. The van der Waals surface area contributed by atoms with E-state index in [4.69, 9.17) is 11.6 Å². The van der Waals surface area contributed by atoms with Crippen molar-refractivity contribution in [3.63, 3.8) is 0 Å². The monoisotopic (exact) mass is 213 g/mol. The molecule has 0 aromatic carbocycles. The van der Waals surface area contributed by atoms with Gasteiger partial charge in [-0.05, 0) is 19.3 Å². The second-order valence-electron chi connectivity index (χ2n) is 3.58. The Morgan fingerprint density at radius 2 is 2.36 bits per heavy atom. The molecular weight excluding hydrogens is 202 g/mol. The average Bonchev–Trinajstić information content (AvgIpc) is 2.06. The van der Waals surface area contributed by atoms with Gasteiger partial charge in [-0.1, -0.05) is 11.6 Å². The van der Waals surface area contributed by atoms with Gasteiger partial charge in [0.15, 0.2) is 5.15 Å². The fourth-order valence-electron chi connectivity index (χ4n) is 1.41. The SMILES string of the molecule is Cn1nc(Cl)c(=O)cc1NC1CCC1. The van der Waals surface area contributed by atoms with Gasteiger partial charge in [0.25, 0.3) is 0 Å². The maximum Gasteiger partial charge on any atom is 0.221 e. The maximum absolute atomic E-state index is 11.2. The molecule has 1 aliphatic carbocycles. The van der Waals surface area contributed by atoms with E-state index in [0.29, 0.717) is 6.04 Å². The maximum atomic E-state index is 11.2. The Morgan fingerprint density at radius 1 is 1.64 bits per heavy atom. The van der Waals surface area contributed by atoms with E-state index in [1.54, 1.807) is 11.7 Å². The zero-order valence-corrected chi connectivity index (χ0v) is 8.71. The Morgan fingerprint density at radius 3 is 2.93 bits per heavy atom. The number of nitrogens with zero attached hydrogens (tertiary/aromatic N) is 2. The van der Waals surface area contributed by atoms with Crippen molar-refractivity contribution in [1.29, 1.82) is 0 Å². The molecule has 1 aliphatic rings. The quantitative estimate of drug-likeness (QED) is 0.808. The van der Waals surface area contributed by atoms with Crippen molar-refractivity contribution in [3.8, 4) is 0 Å². The molecule has 0 atom stereocenters. The molecule has 76 valence electrons. The summed E-state index contributed by atoms with van der Waals surface area (Å²) in [6.07, 6.45) is 3.58. The first-order valence-electron chi connectivity index (χ1n) is 4.67. The number of rotatable bonds is 2. The van der Waals surface area contributed by atoms with Gasteiger partial charge in [0.2, 0.25) is 5.43 Å². The first-order valence-corrected chi connectivity index (χ1v) is 5.05. The van der Waals surface area contributed by atoms with E-state index in [9.17, 15) is 4.79 Å². The van der Waals surface area contributed by atoms with E-state index in [1.165, 1.54) is 12.5 Å². The number of aryl methyl sites for hydroxylation is 1. The second kappa shape index (κ2) is 3.61. The first-order chi connectivity index (χ1) is 6.66. The van der Waals surface area contributed by atoms with Gasteiger partial charge in [-0.2, -0.15) is 5.10 Å². The van der Waals surface area contributed by atoms with Crippen LogP contribution in [0.25, 0.3) is 0 Å². The first kappa shape index (κ1) is 9.52. The van der Waals surface area contributed by atoms with Gasteiger partial charge < -0.3 is 5.32 Å². The average molecular weight is 214 g/mol. The Balaban J connectivity index is 2.23. The van der Waals surface area contributed by atoms with Crippen LogP contribution >= 0.6 is 11.6 Å². The summed E-state index contributed by atoms with van der Waals surface area (Å²) in [6, 6.07) is 1.98. The highest BCUT2D eigenvalue weighted by Crippen LogP contribution is 2.22. The van der Waals surface area contributed by atoms with E-state index in [2.05, 4.69) is 10.4 Å². The molecule has 0 bridgehead atoms. The van der Waals surface area contributed by atoms with Crippen LogP contribution in [0.1, 0.15) is 19.3 Å². The van der Waals surface area contributed by atoms with Crippen LogP contribution < -0.4 is 10.7 Å². The van der Waals surface area contributed by atoms with E-state index in [0.717, 1.165) is 18.7 Å². The Bertz CT molecular complexity index is 398. The van der Waals surface area contributed by atoms with Gasteiger partial charge in [-0.15, -0.1) is 0 Å². The molecule has 5 heteroatoms. The summed E-state index contributed by atoms with van der Waals surface area (Å²) >= 11 is 5.60. The summed E-state index contributed by atoms with van der Waals surface area (Å²) in [5.74, 6) is 0.740. The minimum absolute atomic E-state index is 0.0201. The predicted molar refractivity (Wildman–Crippen MR) is 55.7 cm³/mol. The van der Waals surface area contributed by atoms with Crippen molar-refractivity contribution in [3.05, 3.63) is 21.4 Å². The number of aromatic nitrogens is 2. The zero-order chi connectivity index (χ0) is 10.1. The summed E-state index contributed by atoms with van der Waals surface area (Å²) in [5, 5.41) is 7.17. The Hall–Kier alpha value is -1.03. The van der Waals surface area contributed by atoms with Gasteiger partial charge >= 0.3 is 0 Å². The minimum Gasteiger partial charge on any atom is -0.367 e. The number of nitrogens with one attached hydrogen (secondary N) is 1. The molecule has 0 spiro atoms. The topological polar surface area (TPSA) is 46.9 Å². The predicted octanol–water partition coefficient (Wildman–Crippen LogP) is 1.40. The fourth-order valence-corrected chi connectivity index (χ4v) is 1.58. The summed E-state index contributed by atoms with van der Waals surface area (Å²) in [7, 11) is 1.77. The highest BCUT2D eigenvalue weighted by atomic mass is 35.5. The van der Waals surface area contributed by atoms with E-state index >= 15 is 0 Å². The van der Waals surface area contributed by atoms with E-state index in [1.807, 2.05) is 0 Å². The van der Waals surface area contributed by atoms with E-state index in [-0.39, 0.29) is 10.6 Å². The van der Waals surface area contributed by atoms with Crippen LogP contribution in [0.5, 0.6) is 0 Å². The van der Waals surface area contributed by atoms with Crippen molar-refractivity contribution in [2.24, 2.45) is 7.05 Å². The van der Waals surface area contributed by atoms with E-state index < -0.39 is 0 Å². The molecule has 0 amide bonds. The van der Waals surface area contributed by atoms with Crippen molar-refractivity contribution in [1.82, 2.24) is 9.78 Å². The smallest absolute Gasteiger partial charge is 0.221 e. The molecule has 0 aliphatic heterocycles. The largest absolute Gasteiger partial charge is 0.367 e. The standard InChI is InChI=1S/C9H12ClN3O/c1-13-8(11-6-3-2-4-6)5-7(14)9(10)12-13/h5-6,11H,2-4H2,1H3. The van der Waals surface area contributed by atoms with Gasteiger partial charge in [-0.3, -0.25) is 9.48 Å². The van der Waals surface area contributed by atoms with Crippen LogP contribution in [-0.2, 0) is 7.05 Å². The van der Waals surface area contributed by atoms with Gasteiger partial charge in [0.05, 0.1) is 0 Å². The summed E-state index contributed by atoms with van der Waals surface area (Å²) in [5.41, 5.74) is -0.230. The highest BCUT2D eigenvalue weighted by Gasteiger charge is 2.18. The zero-order valence-electron chi connectivity index (χ0n) is 7.96. The van der Waals surface area contributed by atoms with Crippen LogP contribution in [0.2, 0.25) is 5.15 Å². The Kier molecular flexibility index (Phi) is 2.46. The molecule has 1 aromatic rings. The van der Waals surface area contributed by atoms with Crippen molar-refractivity contribution in [2.75, 3.05) is 5.32 Å². The number of hydrogen-bond acceptors (Lipinski definition) is 3. The van der Waals surface area contributed by atoms with Gasteiger partial charge in [0, 0.05) is 19.2 Å². The third kappa shape index (κ3) is 1.75. The molecule has 14 heavy (non-hydrogen) atoms. The van der Waals surface area contributed by atoms with Crippen molar-refractivity contribution in [2.45, 2.75) is 25.3 Å². The van der Waals surface area contributed by atoms with Crippen molar-refractivity contribution >= 4 is 17.4 Å². The molecule has 4 nitrogen and oxygen atoms in total. The number of anilines is 1. The lowest BCUT2D eigenvalue weighted by atomic mass is 9.93. The lowest BCUT2D eigenvalue weighted by Gasteiger charge is -2.27. The van der Waals surface area contributed by atoms with Gasteiger partial charge in [-0.25, -0.2) is 0 Å². The molecule has 1 heterocycles. The Labute approximate surface area is 86.9 Å². The van der Waals surface area contributed by atoms with Crippen LogP contribution in [0.15, 0.2) is 10.9 Å². The van der Waals surface area contributed by atoms with Crippen LogP contribution in [0.4, 0.5) is 5.82 Å². The van der Waals surface area contributed by atoms with Gasteiger partial charge in [0.1, 0.15) is 5.82 Å². The highest BCUT2D eigenvalue weighted by molar-refractivity contribution is 6.29. The third-order valence-electron chi connectivity index (χ3n) is 2.51. The molecule has 2 rings (SSSR count). The van der Waals surface area contributed by atoms with Crippen LogP contribution in [0, 0.1) is 0 Å². The minimum atomic E-state index is -0.230. The van der Waals surface area contributed by atoms with Crippen molar-refractivity contribution < 1.29 is 0 Å². The normalized spacial score (nSPS) is 16.4. The van der Waals surface area contributed by atoms with Crippen LogP contribution in [0.3, 0.4) is 0 Å². The molecule has 0 saturated heterocycles. The fraction of sp³-hybridized carbons (Fsp3) is 0.556. The molecule has 1 saturated carbocycles. The molecule has 1 N–H and O–H groups in total. The summed E-state index contributed by atoms with van der Waals surface area (Å²) in [6.45, 7) is 0. The molecule has 1 aromatic heterocycles. The third-order valence-corrected chi connectivity index (χ3v) is 2.78. The number of halogens is 1. The summed E-state index contributed by atoms with van der Waals surface area (Å²) in [4.78, 5) is 11.2. The second-order valence-corrected chi connectivity index (χ2v) is 3.94. The lowest BCUT2D eigenvalue weighted by molar-refractivity contribution is 0.441. The lowest BCUT2D eigenvalue weighted by Crippen LogP contribution is -2.29. The summed E-state index contributed by atoms with van der Waals surface area (Å²) < 4.78 is 1.60. The van der Waals surface area contributed by atoms with Crippen LogP contribution in [-0.4, -0.2) is 15.8 Å².